The highest BCUT2D eigenvalue weighted by Crippen LogP contribution is 2.25. The Morgan fingerprint density at radius 2 is 1.89 bits per heavy atom. The topological polar surface area (TPSA) is 149 Å². The Morgan fingerprint density at radius 1 is 1.11 bits per heavy atom. The van der Waals surface area contributed by atoms with E-state index < -0.39 is 0 Å². The van der Waals surface area contributed by atoms with Crippen LogP contribution in [0.15, 0.2) is 54.7 Å². The van der Waals surface area contributed by atoms with Crippen molar-refractivity contribution in [3.63, 3.8) is 0 Å². The van der Waals surface area contributed by atoms with Crippen molar-refractivity contribution in [1.29, 1.82) is 5.26 Å². The summed E-state index contributed by atoms with van der Waals surface area (Å²) in [4.78, 5) is 27.0. The normalized spacial score (nSPS) is 13.2. The van der Waals surface area contributed by atoms with Crippen LogP contribution in [0.5, 0.6) is 0 Å². The number of ether oxygens (including phenoxy) is 1. The van der Waals surface area contributed by atoms with Crippen molar-refractivity contribution in [3.05, 3.63) is 66.0 Å². The number of nitrogen functional groups attached to an aromatic ring is 1. The quantitative estimate of drug-likeness (QED) is 0.417. The van der Waals surface area contributed by atoms with Crippen LogP contribution in [-0.4, -0.2) is 56.1 Å². The van der Waals surface area contributed by atoms with E-state index in [1.54, 1.807) is 29.1 Å². The van der Waals surface area contributed by atoms with E-state index in [-0.39, 0.29) is 17.8 Å². The number of carbonyl (C=O) groups is 1. The number of esters is 1. The molecule has 3 aromatic heterocycles. The maximum Gasteiger partial charge on any atom is 0.312 e. The first-order valence-electron chi connectivity index (χ1n) is 10.9. The number of rotatable bonds is 6. The van der Waals surface area contributed by atoms with Crippen LogP contribution in [0, 0.1) is 17.2 Å². The van der Waals surface area contributed by atoms with Gasteiger partial charge in [-0.1, -0.05) is 23.4 Å². The molecule has 1 aromatic carbocycles. The first-order valence-corrected chi connectivity index (χ1v) is 10.9. The van der Waals surface area contributed by atoms with Gasteiger partial charge >= 0.3 is 5.97 Å². The summed E-state index contributed by atoms with van der Waals surface area (Å²) in [7, 11) is 1.40. The third-order valence-electron chi connectivity index (χ3n) is 5.71. The summed E-state index contributed by atoms with van der Waals surface area (Å²) in [5.41, 5.74) is 9.85. The van der Waals surface area contributed by atoms with Crippen LogP contribution in [0.25, 0.3) is 22.6 Å². The van der Waals surface area contributed by atoms with Crippen LogP contribution >= 0.6 is 0 Å². The molecule has 1 saturated heterocycles. The van der Waals surface area contributed by atoms with Gasteiger partial charge in [-0.05, 0) is 30.3 Å². The van der Waals surface area contributed by atoms with Crippen LogP contribution in [0.4, 0.5) is 11.8 Å². The van der Waals surface area contributed by atoms with Crippen molar-refractivity contribution < 1.29 is 9.53 Å². The summed E-state index contributed by atoms with van der Waals surface area (Å²) in [5, 5.41) is 17.5. The highest BCUT2D eigenvalue weighted by Gasteiger charge is 2.34. The number of hydrogen-bond donors (Lipinski definition) is 1. The zero-order valence-electron chi connectivity index (χ0n) is 18.9. The number of anilines is 2. The molecular weight excluding hydrogens is 446 g/mol. The summed E-state index contributed by atoms with van der Waals surface area (Å²) in [6.45, 7) is 1.60. The van der Waals surface area contributed by atoms with Gasteiger partial charge in [-0.15, -0.1) is 5.10 Å². The molecule has 2 N–H and O–H groups in total. The molecule has 0 atom stereocenters. The second kappa shape index (κ2) is 9.18. The lowest BCUT2D eigenvalue weighted by Crippen LogP contribution is -2.51. The third kappa shape index (κ3) is 4.63. The fourth-order valence-electron chi connectivity index (χ4n) is 3.83. The molecular formula is C24H21N9O2. The van der Waals surface area contributed by atoms with Crippen molar-refractivity contribution in [3.8, 4) is 28.7 Å². The van der Waals surface area contributed by atoms with Crippen molar-refractivity contribution in [1.82, 2.24) is 29.9 Å². The molecule has 5 rings (SSSR count). The monoisotopic (exact) mass is 467 g/mol. The van der Waals surface area contributed by atoms with E-state index in [1.165, 1.54) is 7.11 Å². The Morgan fingerprint density at radius 3 is 2.63 bits per heavy atom. The number of pyridine rings is 1. The van der Waals surface area contributed by atoms with Crippen LogP contribution in [0.2, 0.25) is 0 Å². The molecule has 0 aliphatic carbocycles. The molecule has 4 heterocycles. The molecule has 174 valence electrons. The summed E-state index contributed by atoms with van der Waals surface area (Å²) < 4.78 is 6.47. The van der Waals surface area contributed by atoms with E-state index in [2.05, 4.69) is 26.3 Å². The number of nitrogens with two attached hydrogens (primary N) is 1. The minimum Gasteiger partial charge on any atom is -0.469 e. The van der Waals surface area contributed by atoms with E-state index in [9.17, 15) is 4.79 Å². The number of aromatic nitrogens is 6. The number of benzene rings is 1. The molecule has 0 radical (unpaired) electrons. The molecule has 0 amide bonds. The van der Waals surface area contributed by atoms with E-state index >= 15 is 0 Å². The van der Waals surface area contributed by atoms with E-state index in [4.69, 9.17) is 20.7 Å². The van der Waals surface area contributed by atoms with Gasteiger partial charge in [0.2, 0.25) is 5.95 Å². The SMILES string of the molecule is COC(=O)C1CN(c2cccc(Cn3cc(-c4cc(-c5ccc(C#N)cc5)nc(N)n4)nn3)n2)C1. The lowest BCUT2D eigenvalue weighted by Gasteiger charge is -2.38. The lowest BCUT2D eigenvalue weighted by molar-refractivity contribution is -0.146. The van der Waals surface area contributed by atoms with Crippen molar-refractivity contribution in [2.45, 2.75) is 6.54 Å². The minimum absolute atomic E-state index is 0.113. The third-order valence-corrected chi connectivity index (χ3v) is 5.71. The zero-order valence-corrected chi connectivity index (χ0v) is 18.9. The Kier molecular flexibility index (Phi) is 5.76. The summed E-state index contributed by atoms with van der Waals surface area (Å²) in [5.74, 6) is 0.613. The Hall–Kier alpha value is -4.85. The summed E-state index contributed by atoms with van der Waals surface area (Å²) >= 11 is 0. The number of hydrogen-bond acceptors (Lipinski definition) is 10. The van der Waals surface area contributed by atoms with Crippen LogP contribution in [0.1, 0.15) is 11.3 Å². The molecule has 0 bridgehead atoms. The maximum absolute atomic E-state index is 11.6. The van der Waals surface area contributed by atoms with Gasteiger partial charge in [0.1, 0.15) is 11.5 Å². The van der Waals surface area contributed by atoms with Gasteiger partial charge in [0.15, 0.2) is 0 Å². The van der Waals surface area contributed by atoms with E-state index in [0.717, 1.165) is 17.1 Å². The van der Waals surface area contributed by atoms with Gasteiger partial charge in [-0.25, -0.2) is 19.6 Å². The standard InChI is InChI=1S/C24H21N9O2/c1-35-23(34)17-11-32(12-17)22-4-2-3-18(27-22)13-33-14-21(30-31-33)20-9-19(28-24(26)29-20)16-7-5-15(10-25)6-8-16/h2-9,14,17H,11-13H2,1H3,(H2,26,28,29). The van der Waals surface area contributed by atoms with E-state index in [1.807, 2.05) is 35.2 Å². The highest BCUT2D eigenvalue weighted by molar-refractivity contribution is 5.76. The molecule has 11 nitrogen and oxygen atoms in total. The molecule has 1 fully saturated rings. The smallest absolute Gasteiger partial charge is 0.312 e. The molecule has 0 spiro atoms. The van der Waals surface area contributed by atoms with Crippen LogP contribution in [-0.2, 0) is 16.1 Å². The van der Waals surface area contributed by atoms with Gasteiger partial charge in [0.25, 0.3) is 0 Å². The lowest BCUT2D eigenvalue weighted by atomic mass is 10.0. The highest BCUT2D eigenvalue weighted by atomic mass is 16.5. The zero-order chi connectivity index (χ0) is 24.4. The molecule has 4 aromatic rings. The number of methoxy groups -OCH3 is 1. The summed E-state index contributed by atoms with van der Waals surface area (Å²) in [6, 6.07) is 16.7. The van der Waals surface area contributed by atoms with Gasteiger partial charge in [0.05, 0.1) is 54.5 Å². The Bertz CT molecular complexity index is 1420. The predicted molar refractivity (Wildman–Crippen MR) is 127 cm³/mol. The Balaban J connectivity index is 1.32. The molecule has 11 heteroatoms. The number of nitriles is 1. The van der Waals surface area contributed by atoms with Gasteiger partial charge < -0.3 is 15.4 Å². The van der Waals surface area contributed by atoms with Gasteiger partial charge in [-0.2, -0.15) is 5.26 Å². The van der Waals surface area contributed by atoms with Crippen molar-refractivity contribution in [2.75, 3.05) is 30.8 Å². The van der Waals surface area contributed by atoms with Crippen LogP contribution in [0.3, 0.4) is 0 Å². The fraction of sp³-hybridized carbons (Fsp3) is 0.208. The largest absolute Gasteiger partial charge is 0.469 e. The molecule has 1 aliphatic rings. The first kappa shape index (κ1) is 22.0. The average molecular weight is 467 g/mol. The predicted octanol–water partition coefficient (Wildman–Crippen LogP) is 1.91. The second-order valence-electron chi connectivity index (χ2n) is 8.10. The van der Waals surface area contributed by atoms with E-state index in [0.29, 0.717) is 42.3 Å². The molecule has 0 unspecified atom stereocenters. The van der Waals surface area contributed by atoms with Gasteiger partial charge in [-0.3, -0.25) is 4.79 Å². The maximum atomic E-state index is 11.6. The second-order valence-corrected chi connectivity index (χ2v) is 8.10. The number of nitrogens with zero attached hydrogens (tertiary/aromatic N) is 8. The fourth-order valence-corrected chi connectivity index (χ4v) is 3.83. The van der Waals surface area contributed by atoms with Crippen LogP contribution < -0.4 is 10.6 Å². The molecule has 1 aliphatic heterocycles. The molecule has 0 saturated carbocycles. The van der Waals surface area contributed by atoms with Crippen molar-refractivity contribution in [2.24, 2.45) is 5.92 Å². The average Bonchev–Trinajstić information content (AvgIpc) is 3.31. The minimum atomic E-state index is -0.194. The first-order chi connectivity index (χ1) is 17.0. The molecule has 35 heavy (non-hydrogen) atoms. The summed E-state index contributed by atoms with van der Waals surface area (Å²) in [6.07, 6.45) is 1.77. The van der Waals surface area contributed by atoms with Gasteiger partial charge in [0, 0.05) is 18.7 Å². The Labute approximate surface area is 200 Å². The number of carbonyl (C=O) groups excluding carboxylic acids is 1. The van der Waals surface area contributed by atoms with Crippen molar-refractivity contribution >= 4 is 17.7 Å².